The fourth-order valence-corrected chi connectivity index (χ4v) is 10.9. The van der Waals surface area contributed by atoms with Gasteiger partial charge in [-0.1, -0.05) is 48.5 Å². The number of nitrogen functional groups attached to an aromatic ring is 4. The van der Waals surface area contributed by atoms with Gasteiger partial charge in [-0.2, -0.15) is 21.0 Å². The van der Waals surface area contributed by atoms with E-state index < -0.39 is 5.41 Å². The zero-order valence-electron chi connectivity index (χ0n) is 46.5. The van der Waals surface area contributed by atoms with E-state index in [1.807, 2.05) is 0 Å². The summed E-state index contributed by atoms with van der Waals surface area (Å²) in [5.41, 5.74) is 25.9. The molecule has 1 spiro atoms. The van der Waals surface area contributed by atoms with Gasteiger partial charge in [0.25, 0.3) is 0 Å². The molecule has 18 heteroatoms. The van der Waals surface area contributed by atoms with Crippen molar-refractivity contribution in [2.75, 3.05) is 22.9 Å². The summed E-state index contributed by atoms with van der Waals surface area (Å²) in [6, 6.07) is 59.0. The number of carbonyl (C=O) groups is 2. The molecule has 18 nitrogen and oxygen atoms in total. The second-order valence-electron chi connectivity index (χ2n) is 20.4. The average Bonchev–Trinajstić information content (AvgIpc) is 1.56. The fourth-order valence-electron chi connectivity index (χ4n) is 10.9. The third-order valence-electron chi connectivity index (χ3n) is 14.7. The Hall–Kier alpha value is -12.9. The Morgan fingerprint density at radius 3 is 1.00 bits per heavy atom. The Bertz CT molecular complexity index is 4720. The monoisotopic (exact) mass is 1160 g/mol. The summed E-state index contributed by atoms with van der Waals surface area (Å²) in [5, 5.41) is 43.0. The maximum absolute atomic E-state index is 15.0. The zero-order valence-corrected chi connectivity index (χ0v) is 46.5. The molecule has 1 unspecified atom stereocenters. The van der Waals surface area contributed by atoms with Gasteiger partial charge in [0.15, 0.2) is 34.6 Å². The van der Waals surface area contributed by atoms with Crippen molar-refractivity contribution in [2.24, 2.45) is 0 Å². The van der Waals surface area contributed by atoms with Crippen LogP contribution in [0.25, 0.3) is 0 Å². The molecule has 0 fully saturated rings. The highest BCUT2D eigenvalue weighted by Gasteiger charge is 2.54. The van der Waals surface area contributed by atoms with Crippen molar-refractivity contribution in [1.29, 1.82) is 21.0 Å². The number of ether oxygens (including phenoxy) is 8. The van der Waals surface area contributed by atoms with Crippen LogP contribution in [0.4, 0.5) is 22.7 Å². The molecular formula is C70H46N8O10. The lowest BCUT2D eigenvalue weighted by Crippen LogP contribution is -2.24. The molecule has 426 valence electrons. The lowest BCUT2D eigenvalue weighted by atomic mass is 9.74. The maximum Gasteiger partial charge on any atom is 0.173 e. The van der Waals surface area contributed by atoms with Gasteiger partial charge in [0, 0.05) is 82.0 Å². The van der Waals surface area contributed by atoms with E-state index >= 15 is 4.79 Å². The minimum atomic E-state index is -1.42. The van der Waals surface area contributed by atoms with Crippen LogP contribution in [0.15, 0.2) is 188 Å². The van der Waals surface area contributed by atoms with Crippen LogP contribution in [-0.4, -0.2) is 11.6 Å². The topological polar surface area (TPSA) is 307 Å². The molecule has 2 aliphatic carbocycles. The normalized spacial score (nSPS) is 13.4. The number of nitrogens with two attached hydrogens (primary N) is 4. The first kappa shape index (κ1) is 55.6. The van der Waals surface area contributed by atoms with Gasteiger partial charge < -0.3 is 60.8 Å². The molecule has 2 aliphatic rings. The van der Waals surface area contributed by atoms with Crippen molar-refractivity contribution < 1.29 is 47.5 Å². The van der Waals surface area contributed by atoms with Gasteiger partial charge in [0.2, 0.25) is 0 Å². The molecule has 1 atom stereocenters. The van der Waals surface area contributed by atoms with Gasteiger partial charge in [-0.3, -0.25) is 9.59 Å². The van der Waals surface area contributed by atoms with E-state index in [1.165, 1.54) is 12.1 Å². The molecule has 10 aromatic rings. The van der Waals surface area contributed by atoms with Crippen LogP contribution in [0, 0.1) is 52.2 Å². The first-order chi connectivity index (χ1) is 42.7. The summed E-state index contributed by atoms with van der Waals surface area (Å²) in [7, 11) is 0. The highest BCUT2D eigenvalue weighted by atomic mass is 16.5. The van der Waals surface area contributed by atoms with Crippen molar-refractivity contribution in [2.45, 2.75) is 25.2 Å². The Morgan fingerprint density at radius 1 is 0.352 bits per heavy atom. The predicted octanol–water partition coefficient (Wildman–Crippen LogP) is 15.6. The van der Waals surface area contributed by atoms with Gasteiger partial charge in [0.1, 0.15) is 116 Å². The number of anilines is 4. The predicted molar refractivity (Wildman–Crippen MR) is 325 cm³/mol. The third-order valence-corrected chi connectivity index (χ3v) is 14.7. The first-order valence-electron chi connectivity index (χ1n) is 27.1. The molecule has 0 saturated carbocycles. The van der Waals surface area contributed by atoms with Gasteiger partial charge in [-0.05, 0) is 133 Å². The number of ketones is 2. The maximum atomic E-state index is 15.0. The Morgan fingerprint density at radius 2 is 0.648 bits per heavy atom. The van der Waals surface area contributed by atoms with E-state index in [1.54, 1.807) is 183 Å². The summed E-state index contributed by atoms with van der Waals surface area (Å²) >= 11 is 0. The second-order valence-corrected chi connectivity index (χ2v) is 20.4. The summed E-state index contributed by atoms with van der Waals surface area (Å²) in [6.45, 7) is 1.70. The first-order valence-corrected chi connectivity index (χ1v) is 27.1. The minimum absolute atomic E-state index is 0.00812. The molecule has 8 N–H and O–H groups in total. The molecule has 0 saturated heterocycles. The Labute approximate surface area is 503 Å². The molecule has 12 rings (SSSR count). The molecule has 0 bridgehead atoms. The quantitative estimate of drug-likeness (QED) is 0.0653. The molecular weight excluding hydrogens is 1110 g/mol. The van der Waals surface area contributed by atoms with Crippen LogP contribution < -0.4 is 60.8 Å². The summed E-state index contributed by atoms with van der Waals surface area (Å²) in [5.74, 6) is 1.11. The van der Waals surface area contributed by atoms with Gasteiger partial charge in [0.05, 0.1) is 0 Å². The molecule has 0 aliphatic heterocycles. The van der Waals surface area contributed by atoms with Crippen LogP contribution >= 0.6 is 0 Å². The van der Waals surface area contributed by atoms with Gasteiger partial charge in [-0.25, -0.2) is 0 Å². The number of benzene rings is 10. The number of Topliss-reactive ketones (excluding diaryl/α,β-unsaturated/α-hetero) is 2. The van der Waals surface area contributed by atoms with Crippen molar-refractivity contribution in [1.82, 2.24) is 0 Å². The van der Waals surface area contributed by atoms with Crippen LogP contribution in [0.3, 0.4) is 0 Å². The highest BCUT2D eigenvalue weighted by Crippen LogP contribution is 2.59. The van der Waals surface area contributed by atoms with E-state index in [-0.39, 0.29) is 127 Å². The lowest BCUT2D eigenvalue weighted by molar-refractivity contribution is 0.0957. The average molecular weight is 1160 g/mol. The van der Waals surface area contributed by atoms with Gasteiger partial charge in [-0.15, -0.1) is 0 Å². The Kier molecular flexibility index (Phi) is 14.6. The van der Waals surface area contributed by atoms with E-state index in [0.29, 0.717) is 62.4 Å². The number of fused-ring (bicyclic) bond motifs is 4. The van der Waals surface area contributed by atoms with Crippen LogP contribution in [0.1, 0.15) is 72.5 Å². The van der Waals surface area contributed by atoms with Crippen LogP contribution in [0.5, 0.6) is 92.0 Å². The van der Waals surface area contributed by atoms with E-state index in [2.05, 4.69) is 24.3 Å². The fraction of sp³-hybridized carbons (Fsp3) is 0.0571. The van der Waals surface area contributed by atoms with Crippen molar-refractivity contribution >= 4 is 34.3 Å². The number of rotatable bonds is 16. The van der Waals surface area contributed by atoms with Gasteiger partial charge >= 0.3 is 0 Å². The number of nitriles is 4. The molecule has 0 radical (unpaired) electrons. The summed E-state index contributed by atoms with van der Waals surface area (Å²) < 4.78 is 51.6. The zero-order chi connectivity index (χ0) is 61.2. The van der Waals surface area contributed by atoms with Crippen LogP contribution in [0.2, 0.25) is 0 Å². The van der Waals surface area contributed by atoms with Crippen LogP contribution in [-0.2, 0) is 5.41 Å². The van der Waals surface area contributed by atoms with E-state index in [0.717, 1.165) is 0 Å². The van der Waals surface area contributed by atoms with E-state index in [4.69, 9.17) is 60.8 Å². The van der Waals surface area contributed by atoms with Crippen molar-refractivity contribution in [3.8, 4) is 116 Å². The summed E-state index contributed by atoms with van der Waals surface area (Å²) in [6.07, 6.45) is -0.474. The largest absolute Gasteiger partial charge is 0.456 e. The molecule has 10 aromatic carbocycles. The Balaban J connectivity index is 1.02. The molecule has 88 heavy (non-hydrogen) atoms. The van der Waals surface area contributed by atoms with Crippen molar-refractivity contribution in [3.05, 3.63) is 238 Å². The third kappa shape index (κ3) is 10.6. The number of nitrogens with zero attached hydrogens (tertiary/aromatic N) is 4. The van der Waals surface area contributed by atoms with Crippen molar-refractivity contribution in [3.63, 3.8) is 0 Å². The molecule has 0 aromatic heterocycles. The SMILES string of the molecule is Cc1c(Oc2cccc(Oc3cccc(N)c3)c2C#N)c(Oc2cccc(Oc3cccc(N)c3)c2C#N)cc2c1C1(CC(=O)c3cc(Oc4cccc(Oc5cccc(N)c5)c4C#N)c(Oc4cccc(Oc5cccc(N)c5)c4C#N)cc31)CC2=O. The highest BCUT2D eigenvalue weighted by molar-refractivity contribution is 6.11. The molecule has 0 amide bonds. The second kappa shape index (κ2) is 23.0. The number of carbonyl (C=O) groups excluding carboxylic acids is 2. The van der Waals surface area contributed by atoms with E-state index in [9.17, 15) is 25.8 Å². The minimum Gasteiger partial charge on any atom is -0.456 e. The number of hydrogen-bond donors (Lipinski definition) is 4. The number of hydrogen-bond acceptors (Lipinski definition) is 18. The standard InChI is InChI=1S/C70H46N8O10/c1-39-68-49(31-67(87-63-24-8-20-59(52(63)37-73)83-46-16-4-12-42(77)28-46)69(39)88-64-25-9-21-60(53(64)38-74)84-47-17-5-13-43(78)29-47)56(80)34-70(68)33-55(79)48-30-65(85-61-22-6-18-57(50(61)35-71)81-44-14-2-10-40(75)26-44)66(32-54(48)70)86-62-23-7-19-58(51(62)36-72)82-45-15-3-11-41(76)27-45/h2-32H,33-34,75-78H2,1H3. The lowest BCUT2D eigenvalue weighted by Gasteiger charge is -2.29. The summed E-state index contributed by atoms with van der Waals surface area (Å²) in [4.78, 5) is 30.0. The smallest absolute Gasteiger partial charge is 0.173 e. The molecule has 0 heterocycles.